The minimum atomic E-state index is -0.0299. The second-order valence-electron chi connectivity index (χ2n) is 5.12. The Morgan fingerprint density at radius 2 is 2.05 bits per heavy atom. The molecule has 0 unspecified atom stereocenters. The molecular weight excluding hydrogens is 252 g/mol. The molecule has 3 rings (SSSR count). The second kappa shape index (κ2) is 5.51. The minimum Gasteiger partial charge on any atom is -0.394 e. The van der Waals surface area contributed by atoms with E-state index < -0.39 is 0 Å². The van der Waals surface area contributed by atoms with Crippen molar-refractivity contribution in [1.82, 2.24) is 9.47 Å². The summed E-state index contributed by atoms with van der Waals surface area (Å²) in [5, 5.41) is 9.34. The standard InChI is InChI=1S/C16H18N2O2/c19-12-15-7-4-10-18(15)16(20)13-5-3-6-14(11-13)17-8-1-2-9-17/h1-3,5-6,8-9,11,15,19H,4,7,10,12H2/t15-/m1/s1. The molecule has 1 aliphatic heterocycles. The summed E-state index contributed by atoms with van der Waals surface area (Å²) >= 11 is 0. The lowest BCUT2D eigenvalue weighted by atomic mass is 10.1. The number of rotatable bonds is 3. The summed E-state index contributed by atoms with van der Waals surface area (Å²) in [6, 6.07) is 11.5. The molecule has 0 bridgehead atoms. The van der Waals surface area contributed by atoms with Crippen LogP contribution < -0.4 is 0 Å². The van der Waals surface area contributed by atoms with Crippen LogP contribution in [0.2, 0.25) is 0 Å². The van der Waals surface area contributed by atoms with Gasteiger partial charge in [-0.1, -0.05) is 6.07 Å². The normalized spacial score (nSPS) is 18.4. The van der Waals surface area contributed by atoms with Crippen LogP contribution in [-0.2, 0) is 0 Å². The Hall–Kier alpha value is -2.07. The molecule has 1 saturated heterocycles. The van der Waals surface area contributed by atoms with Crippen LogP contribution in [0, 0.1) is 0 Å². The molecular formula is C16H18N2O2. The lowest BCUT2D eigenvalue weighted by Crippen LogP contribution is -2.37. The fourth-order valence-corrected chi connectivity index (χ4v) is 2.76. The molecule has 0 spiro atoms. The largest absolute Gasteiger partial charge is 0.394 e. The van der Waals surface area contributed by atoms with Crippen LogP contribution in [0.4, 0.5) is 0 Å². The zero-order valence-electron chi connectivity index (χ0n) is 11.3. The van der Waals surface area contributed by atoms with E-state index in [9.17, 15) is 9.90 Å². The van der Waals surface area contributed by atoms with Crippen LogP contribution in [0.25, 0.3) is 5.69 Å². The van der Waals surface area contributed by atoms with Crippen molar-refractivity contribution in [3.8, 4) is 5.69 Å². The predicted octanol–water partition coefficient (Wildman–Crippen LogP) is 2.07. The fourth-order valence-electron chi connectivity index (χ4n) is 2.76. The van der Waals surface area contributed by atoms with Crippen LogP contribution >= 0.6 is 0 Å². The van der Waals surface area contributed by atoms with Gasteiger partial charge in [0.1, 0.15) is 0 Å². The number of amides is 1. The number of hydrogen-bond donors (Lipinski definition) is 1. The van der Waals surface area contributed by atoms with Gasteiger partial charge < -0.3 is 14.6 Å². The summed E-state index contributed by atoms with van der Waals surface area (Å²) in [5.41, 5.74) is 1.65. The van der Waals surface area contributed by atoms with Gasteiger partial charge in [-0.3, -0.25) is 4.79 Å². The van der Waals surface area contributed by atoms with E-state index in [2.05, 4.69) is 0 Å². The third-order valence-electron chi connectivity index (χ3n) is 3.84. The van der Waals surface area contributed by atoms with Gasteiger partial charge in [0.15, 0.2) is 0 Å². The quantitative estimate of drug-likeness (QED) is 0.928. The zero-order chi connectivity index (χ0) is 13.9. The number of likely N-dealkylation sites (tertiary alicyclic amines) is 1. The number of nitrogens with zero attached hydrogens (tertiary/aromatic N) is 2. The first kappa shape index (κ1) is 12.9. The number of aromatic nitrogens is 1. The highest BCUT2D eigenvalue weighted by Gasteiger charge is 2.28. The average Bonchev–Trinajstić information content (AvgIpc) is 3.17. The summed E-state index contributed by atoms with van der Waals surface area (Å²) < 4.78 is 1.98. The third kappa shape index (κ3) is 2.34. The first-order chi connectivity index (χ1) is 9.79. The number of carbonyl (C=O) groups is 1. The predicted molar refractivity (Wildman–Crippen MR) is 76.9 cm³/mol. The number of benzene rings is 1. The van der Waals surface area contributed by atoms with Crippen LogP contribution in [-0.4, -0.2) is 39.7 Å². The Morgan fingerprint density at radius 3 is 2.80 bits per heavy atom. The smallest absolute Gasteiger partial charge is 0.254 e. The molecule has 1 aliphatic rings. The highest BCUT2D eigenvalue weighted by Crippen LogP contribution is 2.21. The Labute approximate surface area is 118 Å². The Bertz CT molecular complexity index is 592. The maximum Gasteiger partial charge on any atom is 0.254 e. The van der Waals surface area contributed by atoms with Crippen molar-refractivity contribution >= 4 is 5.91 Å². The fraction of sp³-hybridized carbons (Fsp3) is 0.312. The van der Waals surface area contributed by atoms with Gasteiger partial charge >= 0.3 is 0 Å². The van der Waals surface area contributed by atoms with E-state index in [0.29, 0.717) is 5.56 Å². The van der Waals surface area contributed by atoms with Gasteiger partial charge in [0, 0.05) is 30.2 Å². The van der Waals surface area contributed by atoms with Gasteiger partial charge in [-0.15, -0.1) is 0 Å². The summed E-state index contributed by atoms with van der Waals surface area (Å²) in [7, 11) is 0. The van der Waals surface area contributed by atoms with Crippen molar-refractivity contribution in [1.29, 1.82) is 0 Å². The molecule has 1 aromatic carbocycles. The molecule has 2 aromatic rings. The number of carbonyl (C=O) groups excluding carboxylic acids is 1. The molecule has 20 heavy (non-hydrogen) atoms. The molecule has 1 N–H and O–H groups in total. The van der Waals surface area contributed by atoms with Crippen molar-refractivity contribution in [3.05, 3.63) is 54.4 Å². The van der Waals surface area contributed by atoms with Gasteiger partial charge in [0.25, 0.3) is 5.91 Å². The molecule has 4 nitrogen and oxygen atoms in total. The maximum atomic E-state index is 12.5. The highest BCUT2D eigenvalue weighted by atomic mass is 16.3. The highest BCUT2D eigenvalue weighted by molar-refractivity contribution is 5.95. The first-order valence-electron chi connectivity index (χ1n) is 6.95. The van der Waals surface area contributed by atoms with Crippen molar-refractivity contribution < 1.29 is 9.90 Å². The molecule has 4 heteroatoms. The first-order valence-corrected chi connectivity index (χ1v) is 6.95. The summed E-state index contributed by atoms with van der Waals surface area (Å²) in [6.07, 6.45) is 5.76. The second-order valence-corrected chi connectivity index (χ2v) is 5.12. The van der Waals surface area contributed by atoms with E-state index in [4.69, 9.17) is 0 Å². The lowest BCUT2D eigenvalue weighted by molar-refractivity contribution is 0.0677. The Balaban J connectivity index is 1.87. The molecule has 0 aliphatic carbocycles. The van der Waals surface area contributed by atoms with E-state index in [0.717, 1.165) is 25.1 Å². The monoisotopic (exact) mass is 270 g/mol. The van der Waals surface area contributed by atoms with Crippen molar-refractivity contribution in [3.63, 3.8) is 0 Å². The molecule has 1 atom stereocenters. The minimum absolute atomic E-state index is 0.00977. The summed E-state index contributed by atoms with van der Waals surface area (Å²) in [6.45, 7) is 0.779. The van der Waals surface area contributed by atoms with E-state index in [1.165, 1.54) is 0 Å². The van der Waals surface area contributed by atoms with Crippen molar-refractivity contribution in [2.45, 2.75) is 18.9 Å². The van der Waals surface area contributed by atoms with Crippen LogP contribution in [0.3, 0.4) is 0 Å². The number of hydrogen-bond acceptors (Lipinski definition) is 2. The maximum absolute atomic E-state index is 12.5. The number of aliphatic hydroxyl groups is 1. The Morgan fingerprint density at radius 1 is 1.25 bits per heavy atom. The van der Waals surface area contributed by atoms with E-state index >= 15 is 0 Å². The lowest BCUT2D eigenvalue weighted by Gasteiger charge is -2.23. The van der Waals surface area contributed by atoms with E-state index in [1.54, 1.807) is 4.90 Å². The third-order valence-corrected chi connectivity index (χ3v) is 3.84. The van der Waals surface area contributed by atoms with E-state index in [-0.39, 0.29) is 18.6 Å². The summed E-state index contributed by atoms with van der Waals surface area (Å²) in [5.74, 6) is 0.00977. The summed E-state index contributed by atoms with van der Waals surface area (Å²) in [4.78, 5) is 14.3. The van der Waals surface area contributed by atoms with E-state index in [1.807, 2.05) is 53.4 Å². The molecule has 0 saturated carbocycles. The van der Waals surface area contributed by atoms with Crippen LogP contribution in [0.15, 0.2) is 48.8 Å². The van der Waals surface area contributed by atoms with Gasteiger partial charge in [-0.25, -0.2) is 0 Å². The van der Waals surface area contributed by atoms with Gasteiger partial charge in [-0.2, -0.15) is 0 Å². The topological polar surface area (TPSA) is 45.5 Å². The SMILES string of the molecule is O=C(c1cccc(-n2cccc2)c1)N1CCC[C@@H]1CO. The zero-order valence-corrected chi connectivity index (χ0v) is 11.3. The molecule has 1 aromatic heterocycles. The van der Waals surface area contributed by atoms with Crippen LogP contribution in [0.5, 0.6) is 0 Å². The molecule has 104 valence electrons. The van der Waals surface area contributed by atoms with Crippen LogP contribution in [0.1, 0.15) is 23.2 Å². The molecule has 2 heterocycles. The molecule has 1 fully saturated rings. The van der Waals surface area contributed by atoms with Gasteiger partial charge in [0.05, 0.1) is 12.6 Å². The molecule has 1 amide bonds. The average molecular weight is 270 g/mol. The van der Waals surface area contributed by atoms with Gasteiger partial charge in [0.2, 0.25) is 0 Å². The van der Waals surface area contributed by atoms with Gasteiger partial charge in [-0.05, 0) is 43.2 Å². The van der Waals surface area contributed by atoms with Crippen molar-refractivity contribution in [2.24, 2.45) is 0 Å². The molecule has 0 radical (unpaired) electrons. The number of aliphatic hydroxyl groups excluding tert-OH is 1. The Kier molecular flexibility index (Phi) is 3.56. The van der Waals surface area contributed by atoms with Crippen molar-refractivity contribution in [2.75, 3.05) is 13.2 Å².